The third-order valence-electron chi connectivity index (χ3n) is 4.52. The molecule has 3 heteroatoms. The Morgan fingerprint density at radius 1 is 0.955 bits per heavy atom. The second-order valence-electron chi connectivity index (χ2n) is 5.85. The largest absolute Gasteiger partial charge is 0.458 e. The summed E-state index contributed by atoms with van der Waals surface area (Å²) in [6, 6.07) is 18.3. The maximum Gasteiger partial charge on any atom is 0.142 e. The molecule has 0 N–H and O–H groups in total. The molecule has 2 aliphatic heterocycles. The first-order chi connectivity index (χ1) is 10.8. The lowest BCUT2D eigenvalue weighted by atomic mass is 10.0. The van der Waals surface area contributed by atoms with Crippen molar-refractivity contribution >= 4 is 11.6 Å². The molecule has 108 valence electrons. The van der Waals surface area contributed by atoms with Crippen molar-refractivity contribution in [3.05, 3.63) is 82.1 Å². The molecule has 2 aromatic carbocycles. The summed E-state index contributed by atoms with van der Waals surface area (Å²) in [5, 5.41) is 0.718. The lowest BCUT2D eigenvalue weighted by molar-refractivity contribution is 0.00912. The van der Waals surface area contributed by atoms with Gasteiger partial charge in [-0.05, 0) is 29.3 Å². The normalized spacial score (nSPS) is 21.5. The highest BCUT2D eigenvalue weighted by Gasteiger charge is 2.41. The Morgan fingerprint density at radius 2 is 1.82 bits per heavy atom. The summed E-state index contributed by atoms with van der Waals surface area (Å²) in [5.41, 5.74) is 4.78. The zero-order chi connectivity index (χ0) is 14.7. The van der Waals surface area contributed by atoms with Gasteiger partial charge in [0.1, 0.15) is 17.6 Å². The average molecular weight is 309 g/mol. The molecule has 0 unspecified atom stereocenters. The zero-order valence-corrected chi connectivity index (χ0v) is 12.5. The van der Waals surface area contributed by atoms with Gasteiger partial charge in [0.15, 0.2) is 0 Å². The van der Waals surface area contributed by atoms with Crippen LogP contribution in [0.2, 0.25) is 5.02 Å². The molecule has 2 atom stereocenters. The van der Waals surface area contributed by atoms with Crippen LogP contribution in [0.4, 0.5) is 0 Å². The molecule has 0 radical (unpaired) electrons. The van der Waals surface area contributed by atoms with Gasteiger partial charge in [0.2, 0.25) is 0 Å². The Balaban J connectivity index is 1.64. The fourth-order valence-corrected chi connectivity index (χ4v) is 3.71. The van der Waals surface area contributed by atoms with Gasteiger partial charge in [-0.2, -0.15) is 0 Å². The van der Waals surface area contributed by atoms with Crippen LogP contribution in [0.1, 0.15) is 34.7 Å². The third-order valence-corrected chi connectivity index (χ3v) is 4.76. The zero-order valence-electron chi connectivity index (χ0n) is 11.8. The molecule has 3 heterocycles. The molecule has 2 bridgehead atoms. The quantitative estimate of drug-likeness (QED) is 0.607. The number of hydrogen-bond donors (Lipinski definition) is 0. The van der Waals surface area contributed by atoms with Crippen LogP contribution in [0.5, 0.6) is 0 Å². The van der Waals surface area contributed by atoms with Gasteiger partial charge in [-0.1, -0.05) is 48.0 Å². The average Bonchev–Trinajstić information content (AvgIpc) is 3.10. The van der Waals surface area contributed by atoms with E-state index in [-0.39, 0.29) is 12.2 Å². The van der Waals surface area contributed by atoms with Gasteiger partial charge in [0.05, 0.1) is 6.10 Å². The summed E-state index contributed by atoms with van der Waals surface area (Å²) < 4.78 is 12.3. The van der Waals surface area contributed by atoms with Crippen LogP contribution in [0, 0.1) is 0 Å². The molecule has 0 spiro atoms. The van der Waals surface area contributed by atoms with E-state index in [0.717, 1.165) is 28.5 Å². The van der Waals surface area contributed by atoms with E-state index in [1.54, 1.807) is 0 Å². The number of ether oxygens (including phenoxy) is 1. The molecule has 1 aromatic heterocycles. The number of fused-ring (bicyclic) bond motifs is 7. The standard InChI is InChI=1S/C19H13ClO2/c20-13-5-3-4-11(8-13)16-9-12-10-17-14-6-1-2-7-15(14)19(22-17)18(12)21-16/h1-9,17,19H,10H2/t17-,19-/m1/s1. The van der Waals surface area contributed by atoms with Gasteiger partial charge >= 0.3 is 0 Å². The van der Waals surface area contributed by atoms with Crippen molar-refractivity contribution in [1.82, 2.24) is 0 Å². The van der Waals surface area contributed by atoms with E-state index in [1.165, 1.54) is 16.7 Å². The highest BCUT2D eigenvalue weighted by molar-refractivity contribution is 6.30. The van der Waals surface area contributed by atoms with Crippen LogP contribution >= 0.6 is 11.6 Å². The third kappa shape index (κ3) is 1.71. The summed E-state index contributed by atoms with van der Waals surface area (Å²) in [6.07, 6.45) is 0.948. The molecule has 0 fully saturated rings. The van der Waals surface area contributed by atoms with E-state index < -0.39 is 0 Å². The summed E-state index contributed by atoms with van der Waals surface area (Å²) in [7, 11) is 0. The van der Waals surface area contributed by atoms with Crippen LogP contribution in [-0.4, -0.2) is 0 Å². The lowest BCUT2D eigenvalue weighted by Gasteiger charge is -2.19. The van der Waals surface area contributed by atoms with Crippen molar-refractivity contribution in [1.29, 1.82) is 0 Å². The molecule has 0 amide bonds. The van der Waals surface area contributed by atoms with Crippen LogP contribution in [-0.2, 0) is 11.2 Å². The Labute approximate surface area is 133 Å². The molecule has 22 heavy (non-hydrogen) atoms. The maximum absolute atomic E-state index is 6.15. The highest BCUT2D eigenvalue weighted by Crippen LogP contribution is 2.50. The van der Waals surface area contributed by atoms with Gasteiger partial charge in [-0.15, -0.1) is 0 Å². The molecule has 2 nitrogen and oxygen atoms in total. The number of benzene rings is 2. The Hall–Kier alpha value is -2.03. The van der Waals surface area contributed by atoms with E-state index in [1.807, 2.05) is 24.3 Å². The van der Waals surface area contributed by atoms with Gasteiger partial charge in [0, 0.05) is 22.6 Å². The summed E-state index contributed by atoms with van der Waals surface area (Å²) in [4.78, 5) is 0. The first-order valence-electron chi connectivity index (χ1n) is 7.42. The smallest absolute Gasteiger partial charge is 0.142 e. The summed E-state index contributed by atoms with van der Waals surface area (Å²) >= 11 is 6.09. The Morgan fingerprint density at radius 3 is 2.68 bits per heavy atom. The second-order valence-corrected chi connectivity index (χ2v) is 6.28. The minimum absolute atomic E-state index is 0.0714. The van der Waals surface area contributed by atoms with Crippen molar-refractivity contribution in [2.75, 3.05) is 0 Å². The molecule has 0 saturated heterocycles. The van der Waals surface area contributed by atoms with E-state index in [2.05, 4.69) is 30.3 Å². The fourth-order valence-electron chi connectivity index (χ4n) is 3.52. The predicted octanol–water partition coefficient (Wildman–Crippen LogP) is 5.32. The van der Waals surface area contributed by atoms with Crippen LogP contribution in [0.3, 0.4) is 0 Å². The van der Waals surface area contributed by atoms with Gasteiger partial charge < -0.3 is 9.15 Å². The topological polar surface area (TPSA) is 22.4 Å². The maximum atomic E-state index is 6.15. The van der Waals surface area contributed by atoms with E-state index >= 15 is 0 Å². The predicted molar refractivity (Wildman–Crippen MR) is 85.0 cm³/mol. The second kappa shape index (κ2) is 4.48. The molecular formula is C19H13ClO2. The van der Waals surface area contributed by atoms with Gasteiger partial charge in [-0.3, -0.25) is 0 Å². The van der Waals surface area contributed by atoms with Crippen molar-refractivity contribution < 1.29 is 9.15 Å². The minimum atomic E-state index is -0.0714. The van der Waals surface area contributed by atoms with Gasteiger partial charge in [-0.25, -0.2) is 0 Å². The molecule has 0 saturated carbocycles. The molecule has 2 aliphatic rings. The molecule has 0 aliphatic carbocycles. The SMILES string of the molecule is Clc1cccc(-c2cc3c(o2)[C@@H]2O[C@H](C3)c3ccccc32)c1. The van der Waals surface area contributed by atoms with Crippen molar-refractivity contribution in [3.63, 3.8) is 0 Å². The molecule has 3 aromatic rings. The van der Waals surface area contributed by atoms with Crippen molar-refractivity contribution in [3.8, 4) is 11.3 Å². The minimum Gasteiger partial charge on any atom is -0.458 e. The number of hydrogen-bond acceptors (Lipinski definition) is 2. The van der Waals surface area contributed by atoms with Crippen LogP contribution in [0.15, 0.2) is 59.0 Å². The van der Waals surface area contributed by atoms with E-state index in [9.17, 15) is 0 Å². The Bertz CT molecular complexity index is 881. The number of furan rings is 1. The van der Waals surface area contributed by atoms with Crippen molar-refractivity contribution in [2.45, 2.75) is 18.6 Å². The molecular weight excluding hydrogens is 296 g/mol. The van der Waals surface area contributed by atoms with Crippen molar-refractivity contribution in [2.24, 2.45) is 0 Å². The fraction of sp³-hybridized carbons (Fsp3) is 0.158. The van der Waals surface area contributed by atoms with Crippen LogP contribution in [0.25, 0.3) is 11.3 Å². The van der Waals surface area contributed by atoms with E-state index in [0.29, 0.717) is 0 Å². The number of rotatable bonds is 1. The van der Waals surface area contributed by atoms with E-state index in [4.69, 9.17) is 20.8 Å². The molecule has 5 rings (SSSR count). The number of halogens is 1. The first kappa shape index (κ1) is 12.5. The van der Waals surface area contributed by atoms with Gasteiger partial charge in [0.25, 0.3) is 0 Å². The monoisotopic (exact) mass is 308 g/mol. The lowest BCUT2D eigenvalue weighted by Crippen LogP contribution is -2.10. The highest BCUT2D eigenvalue weighted by atomic mass is 35.5. The first-order valence-corrected chi connectivity index (χ1v) is 7.80. The van der Waals surface area contributed by atoms with Crippen LogP contribution < -0.4 is 0 Å². The Kier molecular flexibility index (Phi) is 2.55. The summed E-state index contributed by atoms with van der Waals surface area (Å²) in [5.74, 6) is 1.80. The summed E-state index contributed by atoms with van der Waals surface area (Å²) in [6.45, 7) is 0.